The molecule has 0 amide bonds. The van der Waals surface area contributed by atoms with Crippen LogP contribution in [0.15, 0.2) is 71.1 Å². The Labute approximate surface area is 210 Å². The zero-order chi connectivity index (χ0) is 25.0. The SMILES string of the molecule is CC1=C(C(=O)O)C(c2cccc(Cl)c2Cl)C(C(=O)OC(C)C)=C(C)N1CCCc1ccccc1. The highest BCUT2D eigenvalue weighted by Crippen LogP contribution is 2.45. The number of hydrogen-bond donors (Lipinski definition) is 1. The number of nitrogens with zero attached hydrogens (tertiary/aromatic N) is 1. The van der Waals surface area contributed by atoms with Crippen molar-refractivity contribution < 1.29 is 19.4 Å². The first-order valence-corrected chi connectivity index (χ1v) is 12.0. The molecule has 180 valence electrons. The van der Waals surface area contributed by atoms with E-state index in [2.05, 4.69) is 12.1 Å². The van der Waals surface area contributed by atoms with Crippen LogP contribution < -0.4 is 0 Å². The molecule has 2 aromatic rings. The van der Waals surface area contributed by atoms with Crippen molar-refractivity contribution in [2.24, 2.45) is 0 Å². The molecular weight excluding hydrogens is 473 g/mol. The maximum atomic E-state index is 13.3. The van der Waals surface area contributed by atoms with Gasteiger partial charge in [-0.3, -0.25) is 0 Å². The minimum absolute atomic E-state index is 0.0881. The zero-order valence-corrected chi connectivity index (χ0v) is 21.3. The summed E-state index contributed by atoms with van der Waals surface area (Å²) < 4.78 is 5.55. The number of esters is 1. The van der Waals surface area contributed by atoms with E-state index in [1.165, 1.54) is 5.56 Å². The number of carbonyl (C=O) groups is 2. The Hall–Kier alpha value is -2.76. The van der Waals surface area contributed by atoms with Gasteiger partial charge in [0.1, 0.15) is 0 Å². The number of carbonyl (C=O) groups excluding carboxylic acids is 1. The van der Waals surface area contributed by atoms with Gasteiger partial charge in [-0.2, -0.15) is 0 Å². The lowest BCUT2D eigenvalue weighted by Crippen LogP contribution is -2.36. The Balaban J connectivity index is 2.10. The summed E-state index contributed by atoms with van der Waals surface area (Å²) in [7, 11) is 0. The van der Waals surface area contributed by atoms with Crippen LogP contribution in [-0.2, 0) is 20.7 Å². The molecule has 0 aromatic heterocycles. The Morgan fingerprint density at radius 2 is 1.65 bits per heavy atom. The lowest BCUT2D eigenvalue weighted by Gasteiger charge is -2.38. The molecule has 0 spiro atoms. The number of aliphatic carboxylic acids is 1. The number of hydrogen-bond acceptors (Lipinski definition) is 4. The molecule has 3 rings (SSSR count). The molecule has 0 saturated heterocycles. The highest BCUT2D eigenvalue weighted by molar-refractivity contribution is 6.42. The maximum absolute atomic E-state index is 13.3. The predicted molar refractivity (Wildman–Crippen MR) is 135 cm³/mol. The van der Waals surface area contributed by atoms with Gasteiger partial charge < -0.3 is 14.7 Å². The van der Waals surface area contributed by atoms with Crippen molar-refractivity contribution in [3.05, 3.63) is 92.2 Å². The van der Waals surface area contributed by atoms with Gasteiger partial charge >= 0.3 is 11.9 Å². The van der Waals surface area contributed by atoms with Crippen molar-refractivity contribution in [3.8, 4) is 0 Å². The third-order valence-corrected chi connectivity index (χ3v) is 6.78. The molecule has 1 atom stereocenters. The summed E-state index contributed by atoms with van der Waals surface area (Å²) in [6, 6.07) is 15.1. The quantitative estimate of drug-likeness (QED) is 0.412. The smallest absolute Gasteiger partial charge is 0.337 e. The zero-order valence-electron chi connectivity index (χ0n) is 19.8. The van der Waals surface area contributed by atoms with Gasteiger partial charge in [0, 0.05) is 17.9 Å². The van der Waals surface area contributed by atoms with Crippen LogP contribution in [0.5, 0.6) is 0 Å². The molecule has 5 nitrogen and oxygen atoms in total. The van der Waals surface area contributed by atoms with E-state index in [9.17, 15) is 14.7 Å². The molecule has 0 aliphatic carbocycles. The first-order chi connectivity index (χ1) is 16.1. The van der Waals surface area contributed by atoms with Crippen molar-refractivity contribution in [1.29, 1.82) is 0 Å². The van der Waals surface area contributed by atoms with E-state index in [0.717, 1.165) is 12.8 Å². The van der Waals surface area contributed by atoms with Crippen molar-refractivity contribution in [2.45, 2.75) is 52.6 Å². The van der Waals surface area contributed by atoms with Gasteiger partial charge in [0.2, 0.25) is 0 Å². The van der Waals surface area contributed by atoms with E-state index in [0.29, 0.717) is 28.5 Å². The summed E-state index contributed by atoms with van der Waals surface area (Å²) >= 11 is 12.8. The van der Waals surface area contributed by atoms with Gasteiger partial charge in [-0.1, -0.05) is 65.7 Å². The average Bonchev–Trinajstić information content (AvgIpc) is 2.77. The van der Waals surface area contributed by atoms with E-state index in [4.69, 9.17) is 27.9 Å². The first kappa shape index (κ1) is 25.9. The summed E-state index contributed by atoms with van der Waals surface area (Å²) in [6.07, 6.45) is 1.24. The monoisotopic (exact) mass is 501 g/mol. The highest BCUT2D eigenvalue weighted by Gasteiger charge is 2.41. The molecule has 1 aliphatic heterocycles. The van der Waals surface area contributed by atoms with E-state index < -0.39 is 17.9 Å². The number of rotatable bonds is 8. The van der Waals surface area contributed by atoms with Crippen LogP contribution in [-0.4, -0.2) is 34.6 Å². The average molecular weight is 502 g/mol. The fourth-order valence-electron chi connectivity index (χ4n) is 4.40. The second kappa shape index (κ2) is 11.1. The van der Waals surface area contributed by atoms with Gasteiger partial charge in [-0.15, -0.1) is 0 Å². The van der Waals surface area contributed by atoms with E-state index >= 15 is 0 Å². The second-order valence-electron chi connectivity index (χ2n) is 8.57. The third kappa shape index (κ3) is 5.48. The summed E-state index contributed by atoms with van der Waals surface area (Å²) in [5, 5.41) is 10.8. The molecule has 0 fully saturated rings. The molecule has 1 unspecified atom stereocenters. The summed E-state index contributed by atoms with van der Waals surface area (Å²) in [4.78, 5) is 27.8. The normalized spacial score (nSPS) is 16.3. The molecule has 7 heteroatoms. The molecule has 34 heavy (non-hydrogen) atoms. The van der Waals surface area contributed by atoms with Crippen molar-refractivity contribution in [2.75, 3.05) is 6.54 Å². The number of carboxylic acids is 1. The van der Waals surface area contributed by atoms with Gasteiger partial charge in [0.25, 0.3) is 0 Å². The molecular formula is C27H29Cl2NO4. The van der Waals surface area contributed by atoms with Crippen LogP contribution in [0.2, 0.25) is 10.0 Å². The lowest BCUT2D eigenvalue weighted by atomic mass is 9.79. The summed E-state index contributed by atoms with van der Waals surface area (Å²) in [6.45, 7) is 7.67. The maximum Gasteiger partial charge on any atom is 0.337 e. The number of ether oxygens (including phenoxy) is 1. The molecule has 0 radical (unpaired) electrons. The Bertz CT molecular complexity index is 1140. The van der Waals surface area contributed by atoms with Crippen molar-refractivity contribution in [1.82, 2.24) is 4.90 Å². The second-order valence-corrected chi connectivity index (χ2v) is 9.36. The van der Waals surface area contributed by atoms with Crippen LogP contribution in [0.3, 0.4) is 0 Å². The van der Waals surface area contributed by atoms with Gasteiger partial charge in [-0.25, -0.2) is 9.59 Å². The Morgan fingerprint density at radius 1 is 1.00 bits per heavy atom. The molecule has 0 saturated carbocycles. The molecule has 1 heterocycles. The largest absolute Gasteiger partial charge is 0.478 e. The fourth-order valence-corrected chi connectivity index (χ4v) is 4.82. The Morgan fingerprint density at radius 3 is 2.26 bits per heavy atom. The molecule has 1 N–H and O–H groups in total. The highest BCUT2D eigenvalue weighted by atomic mass is 35.5. The van der Waals surface area contributed by atoms with Crippen molar-refractivity contribution >= 4 is 35.1 Å². The van der Waals surface area contributed by atoms with Crippen molar-refractivity contribution in [3.63, 3.8) is 0 Å². The third-order valence-electron chi connectivity index (χ3n) is 5.94. The van der Waals surface area contributed by atoms with Gasteiger partial charge in [-0.05, 0) is 57.7 Å². The number of carboxylic acid groups (broad SMARTS) is 1. The number of allylic oxidation sites excluding steroid dienone is 2. The number of benzene rings is 2. The van der Waals surface area contributed by atoms with Crippen LogP contribution in [0.4, 0.5) is 0 Å². The number of halogens is 2. The van der Waals surface area contributed by atoms with Crippen LogP contribution in [0.25, 0.3) is 0 Å². The van der Waals surface area contributed by atoms with Crippen LogP contribution >= 0.6 is 23.2 Å². The van der Waals surface area contributed by atoms with Crippen LogP contribution in [0.1, 0.15) is 51.2 Å². The van der Waals surface area contributed by atoms with Gasteiger partial charge in [0.15, 0.2) is 0 Å². The van der Waals surface area contributed by atoms with E-state index in [1.54, 1.807) is 39.0 Å². The van der Waals surface area contributed by atoms with E-state index in [1.807, 2.05) is 30.0 Å². The lowest BCUT2D eigenvalue weighted by molar-refractivity contribution is -0.143. The minimum Gasteiger partial charge on any atom is -0.478 e. The topological polar surface area (TPSA) is 66.8 Å². The Kier molecular flexibility index (Phi) is 8.45. The fraction of sp³-hybridized carbons (Fsp3) is 0.333. The van der Waals surface area contributed by atoms with E-state index in [-0.39, 0.29) is 22.3 Å². The summed E-state index contributed by atoms with van der Waals surface area (Å²) in [5.74, 6) is -2.58. The molecule has 2 aromatic carbocycles. The predicted octanol–water partition coefficient (Wildman–Crippen LogP) is 6.61. The first-order valence-electron chi connectivity index (χ1n) is 11.2. The minimum atomic E-state index is -1.12. The summed E-state index contributed by atoms with van der Waals surface area (Å²) in [5.41, 5.74) is 3.24. The van der Waals surface area contributed by atoms with Crippen LogP contribution in [0, 0.1) is 0 Å². The molecule has 0 bridgehead atoms. The standard InChI is InChI=1S/C27H29Cl2NO4/c1-16(2)34-27(33)23-18(4)30(15-9-12-19-10-6-5-7-11-19)17(3)22(26(31)32)24(23)20-13-8-14-21(28)25(20)29/h5-8,10-11,13-14,16,24H,9,12,15H2,1-4H3,(H,31,32). The van der Waals surface area contributed by atoms with Gasteiger partial charge in [0.05, 0.1) is 33.2 Å². The number of aryl methyl sites for hydroxylation is 1. The molecule has 1 aliphatic rings.